The number of aliphatic hydroxyl groups is 1. The van der Waals surface area contributed by atoms with E-state index in [1.165, 1.54) is 12.8 Å². The Labute approximate surface area is 106 Å². The van der Waals surface area contributed by atoms with E-state index < -0.39 is 0 Å². The maximum absolute atomic E-state index is 9.93. The van der Waals surface area contributed by atoms with E-state index in [-0.39, 0.29) is 11.5 Å². The highest BCUT2D eigenvalue weighted by Crippen LogP contribution is 2.22. The molecule has 1 fully saturated rings. The third-order valence-corrected chi connectivity index (χ3v) is 3.50. The van der Waals surface area contributed by atoms with Gasteiger partial charge in [-0.3, -0.25) is 0 Å². The van der Waals surface area contributed by atoms with Crippen LogP contribution in [0.25, 0.3) is 0 Å². The quantitative estimate of drug-likeness (QED) is 0.778. The highest BCUT2D eigenvalue weighted by atomic mass is 16.5. The minimum absolute atomic E-state index is 0.203. The molecule has 17 heavy (non-hydrogen) atoms. The van der Waals surface area contributed by atoms with Gasteiger partial charge in [-0.25, -0.2) is 0 Å². The average Bonchev–Trinajstić information content (AvgIpc) is 2.25. The van der Waals surface area contributed by atoms with Crippen molar-refractivity contribution >= 4 is 0 Å². The van der Waals surface area contributed by atoms with Crippen molar-refractivity contribution in [1.29, 1.82) is 0 Å². The molecular weight excluding hydrogens is 214 g/mol. The largest absolute Gasteiger partial charge is 0.392 e. The van der Waals surface area contributed by atoms with E-state index in [0.29, 0.717) is 12.1 Å². The lowest BCUT2D eigenvalue weighted by Gasteiger charge is -2.30. The molecule has 0 amide bonds. The van der Waals surface area contributed by atoms with Crippen LogP contribution in [0.3, 0.4) is 0 Å². The Balaban J connectivity index is 2.15. The van der Waals surface area contributed by atoms with E-state index in [1.807, 2.05) is 0 Å². The first-order valence-electron chi connectivity index (χ1n) is 6.85. The third-order valence-electron chi connectivity index (χ3n) is 3.50. The molecule has 1 aliphatic carbocycles. The van der Waals surface area contributed by atoms with Crippen LogP contribution in [0.4, 0.5) is 0 Å². The fraction of sp³-hybridized carbons (Fsp3) is 1.00. The molecule has 0 aliphatic heterocycles. The Morgan fingerprint density at radius 3 is 2.29 bits per heavy atom. The molecule has 3 heteroatoms. The predicted octanol–water partition coefficient (Wildman–Crippen LogP) is 2.33. The van der Waals surface area contributed by atoms with Crippen LogP contribution >= 0.6 is 0 Å². The van der Waals surface area contributed by atoms with Crippen LogP contribution in [0, 0.1) is 5.41 Å². The van der Waals surface area contributed by atoms with Crippen molar-refractivity contribution in [2.75, 3.05) is 13.7 Å². The average molecular weight is 243 g/mol. The highest BCUT2D eigenvalue weighted by Gasteiger charge is 2.22. The Kier molecular flexibility index (Phi) is 5.90. The number of methoxy groups -OCH3 is 1. The minimum atomic E-state index is -0.227. The van der Waals surface area contributed by atoms with Gasteiger partial charge in [0.1, 0.15) is 0 Å². The van der Waals surface area contributed by atoms with Crippen molar-refractivity contribution in [1.82, 2.24) is 5.32 Å². The summed E-state index contributed by atoms with van der Waals surface area (Å²) < 4.78 is 5.35. The van der Waals surface area contributed by atoms with Crippen molar-refractivity contribution in [2.45, 2.75) is 71.1 Å². The molecule has 1 aliphatic rings. The SMILES string of the molecule is COC1CCC(NCC(O)CC(C)(C)C)CC1. The molecule has 1 saturated carbocycles. The first-order chi connectivity index (χ1) is 7.90. The fourth-order valence-corrected chi connectivity index (χ4v) is 2.58. The zero-order chi connectivity index (χ0) is 12.9. The minimum Gasteiger partial charge on any atom is -0.392 e. The number of aliphatic hydroxyl groups excluding tert-OH is 1. The second-order valence-corrected chi connectivity index (χ2v) is 6.54. The van der Waals surface area contributed by atoms with E-state index in [9.17, 15) is 5.11 Å². The highest BCUT2D eigenvalue weighted by molar-refractivity contribution is 4.79. The van der Waals surface area contributed by atoms with Crippen LogP contribution in [-0.4, -0.2) is 37.0 Å². The summed E-state index contributed by atoms with van der Waals surface area (Å²) >= 11 is 0. The van der Waals surface area contributed by atoms with Gasteiger partial charge in [-0.15, -0.1) is 0 Å². The maximum Gasteiger partial charge on any atom is 0.0669 e. The fourth-order valence-electron chi connectivity index (χ4n) is 2.58. The van der Waals surface area contributed by atoms with Crippen LogP contribution in [0.15, 0.2) is 0 Å². The van der Waals surface area contributed by atoms with Gasteiger partial charge in [-0.05, 0) is 37.5 Å². The summed E-state index contributed by atoms with van der Waals surface area (Å²) in [6.07, 6.45) is 5.70. The van der Waals surface area contributed by atoms with E-state index in [2.05, 4.69) is 26.1 Å². The Morgan fingerprint density at radius 2 is 1.82 bits per heavy atom. The Hall–Kier alpha value is -0.120. The third kappa shape index (κ3) is 6.39. The summed E-state index contributed by atoms with van der Waals surface area (Å²) in [5.74, 6) is 0. The van der Waals surface area contributed by atoms with E-state index in [0.717, 1.165) is 25.8 Å². The van der Waals surface area contributed by atoms with Gasteiger partial charge in [0.2, 0.25) is 0 Å². The summed E-state index contributed by atoms with van der Waals surface area (Å²) in [6.45, 7) is 7.22. The van der Waals surface area contributed by atoms with E-state index in [4.69, 9.17) is 4.74 Å². The summed E-state index contributed by atoms with van der Waals surface area (Å²) in [5.41, 5.74) is 0.203. The molecule has 2 N–H and O–H groups in total. The van der Waals surface area contributed by atoms with Gasteiger partial charge >= 0.3 is 0 Å². The van der Waals surface area contributed by atoms with Gasteiger partial charge in [0, 0.05) is 19.7 Å². The molecule has 1 unspecified atom stereocenters. The summed E-state index contributed by atoms with van der Waals surface area (Å²) in [5, 5.41) is 13.4. The van der Waals surface area contributed by atoms with E-state index >= 15 is 0 Å². The molecule has 0 bridgehead atoms. The zero-order valence-corrected chi connectivity index (χ0v) is 11.8. The number of nitrogens with one attached hydrogen (secondary N) is 1. The lowest BCUT2D eigenvalue weighted by Crippen LogP contribution is -2.40. The van der Waals surface area contributed by atoms with Crippen molar-refractivity contribution in [3.63, 3.8) is 0 Å². The van der Waals surface area contributed by atoms with Crippen LogP contribution < -0.4 is 5.32 Å². The van der Waals surface area contributed by atoms with Crippen molar-refractivity contribution in [3.05, 3.63) is 0 Å². The molecule has 0 heterocycles. The number of rotatable bonds is 5. The molecule has 102 valence electrons. The summed E-state index contributed by atoms with van der Waals surface area (Å²) in [4.78, 5) is 0. The lowest BCUT2D eigenvalue weighted by molar-refractivity contribution is 0.0585. The number of hydrogen-bond acceptors (Lipinski definition) is 3. The van der Waals surface area contributed by atoms with Gasteiger partial charge in [0.25, 0.3) is 0 Å². The van der Waals surface area contributed by atoms with Gasteiger partial charge in [-0.2, -0.15) is 0 Å². The first-order valence-corrected chi connectivity index (χ1v) is 6.85. The first kappa shape index (κ1) is 14.9. The maximum atomic E-state index is 9.93. The molecule has 0 aromatic rings. The molecule has 1 atom stereocenters. The summed E-state index contributed by atoms with van der Waals surface area (Å²) in [6, 6.07) is 0.566. The van der Waals surface area contributed by atoms with Crippen molar-refractivity contribution < 1.29 is 9.84 Å². The zero-order valence-electron chi connectivity index (χ0n) is 11.8. The molecule has 0 aromatic carbocycles. The van der Waals surface area contributed by atoms with Gasteiger partial charge < -0.3 is 15.2 Å². The van der Waals surface area contributed by atoms with Gasteiger partial charge in [0.05, 0.1) is 12.2 Å². The number of hydrogen-bond donors (Lipinski definition) is 2. The monoisotopic (exact) mass is 243 g/mol. The molecule has 1 rings (SSSR count). The van der Waals surface area contributed by atoms with Gasteiger partial charge in [0.15, 0.2) is 0 Å². The lowest BCUT2D eigenvalue weighted by atomic mass is 9.88. The molecule has 0 aromatic heterocycles. The molecule has 0 saturated heterocycles. The van der Waals surface area contributed by atoms with Crippen molar-refractivity contribution in [3.8, 4) is 0 Å². The van der Waals surface area contributed by atoms with Crippen molar-refractivity contribution in [2.24, 2.45) is 5.41 Å². The van der Waals surface area contributed by atoms with Crippen LogP contribution in [0.2, 0.25) is 0 Å². The molecule has 0 radical (unpaired) electrons. The Bertz CT molecular complexity index is 205. The second-order valence-electron chi connectivity index (χ2n) is 6.54. The standard InChI is InChI=1S/C14H29NO2/c1-14(2,3)9-12(16)10-15-11-5-7-13(17-4)8-6-11/h11-13,15-16H,5-10H2,1-4H3. The van der Waals surface area contributed by atoms with Crippen LogP contribution in [0.5, 0.6) is 0 Å². The molecule has 3 nitrogen and oxygen atoms in total. The van der Waals surface area contributed by atoms with Gasteiger partial charge in [-0.1, -0.05) is 20.8 Å². The van der Waals surface area contributed by atoms with E-state index in [1.54, 1.807) is 7.11 Å². The van der Waals surface area contributed by atoms with Crippen LogP contribution in [0.1, 0.15) is 52.9 Å². The smallest absolute Gasteiger partial charge is 0.0669 e. The molecule has 0 spiro atoms. The summed E-state index contributed by atoms with van der Waals surface area (Å²) in [7, 11) is 1.80. The van der Waals surface area contributed by atoms with Crippen LogP contribution in [-0.2, 0) is 4.74 Å². The predicted molar refractivity (Wildman–Crippen MR) is 71.1 cm³/mol. The molecular formula is C14H29NO2. The normalized spacial score (nSPS) is 28.1. The Morgan fingerprint density at radius 1 is 1.24 bits per heavy atom. The second kappa shape index (κ2) is 6.72. The topological polar surface area (TPSA) is 41.5 Å². The number of ether oxygens (including phenoxy) is 1.